The van der Waals surface area contributed by atoms with E-state index in [-0.39, 0.29) is 17.9 Å². The molecular formula is C25H37NO4. The van der Waals surface area contributed by atoms with Crippen molar-refractivity contribution in [2.75, 3.05) is 0 Å². The summed E-state index contributed by atoms with van der Waals surface area (Å²) in [4.78, 5) is 10.7. The van der Waals surface area contributed by atoms with Crippen LogP contribution in [0.25, 0.3) is 0 Å². The molecule has 1 aromatic rings. The Hall–Kier alpha value is -2.53. The molecule has 5 heteroatoms. The van der Waals surface area contributed by atoms with E-state index in [1.807, 2.05) is 0 Å². The first kappa shape index (κ1) is 25.5. The lowest BCUT2D eigenvalue weighted by Gasteiger charge is -2.19. The minimum Gasteiger partial charge on any atom is -0.504 e. The van der Waals surface area contributed by atoms with E-state index in [0.29, 0.717) is 11.0 Å². The Balaban J connectivity index is 0.000000300. The molecule has 1 aliphatic rings. The zero-order valence-electron chi connectivity index (χ0n) is 18.9. The van der Waals surface area contributed by atoms with Crippen molar-refractivity contribution in [2.45, 2.75) is 72.3 Å². The highest BCUT2D eigenvalue weighted by molar-refractivity contribution is 5.78. The lowest BCUT2D eigenvalue weighted by molar-refractivity contribution is -0.142. The summed E-state index contributed by atoms with van der Waals surface area (Å²) in [5.74, 6) is -1.64. The van der Waals surface area contributed by atoms with Crippen molar-refractivity contribution in [3.05, 3.63) is 59.2 Å². The molecule has 0 aliphatic heterocycles. The molecule has 30 heavy (non-hydrogen) atoms. The predicted molar refractivity (Wildman–Crippen MR) is 123 cm³/mol. The Labute approximate surface area is 180 Å². The number of allylic oxidation sites excluding steroid dienone is 6. The van der Waals surface area contributed by atoms with Gasteiger partial charge in [-0.25, -0.2) is 0 Å². The molecule has 5 nitrogen and oxygen atoms in total. The molecule has 166 valence electrons. The minimum absolute atomic E-state index is 0.0795. The van der Waals surface area contributed by atoms with Crippen LogP contribution in [0.15, 0.2) is 53.6 Å². The molecular weight excluding hydrogens is 378 g/mol. The van der Waals surface area contributed by atoms with Gasteiger partial charge in [0.1, 0.15) is 5.54 Å². The van der Waals surface area contributed by atoms with Crippen molar-refractivity contribution in [1.82, 2.24) is 0 Å². The molecule has 1 aromatic carbocycles. The largest absolute Gasteiger partial charge is 0.504 e. The number of hydrogen-bond acceptors (Lipinski definition) is 4. The van der Waals surface area contributed by atoms with E-state index in [9.17, 15) is 9.90 Å². The number of phenolic OH excluding ortho intramolecular Hbond substituents is 2. The second kappa shape index (κ2) is 11.0. The van der Waals surface area contributed by atoms with Gasteiger partial charge in [0, 0.05) is 6.42 Å². The van der Waals surface area contributed by atoms with Gasteiger partial charge in [0.2, 0.25) is 0 Å². The number of aromatic hydroxyl groups is 2. The van der Waals surface area contributed by atoms with Crippen molar-refractivity contribution >= 4 is 5.97 Å². The van der Waals surface area contributed by atoms with Gasteiger partial charge in [-0.1, -0.05) is 55.4 Å². The highest BCUT2D eigenvalue weighted by Crippen LogP contribution is 2.27. The fraction of sp³-hybridized carbons (Fsp3) is 0.480. The molecule has 0 amide bonds. The molecule has 0 heterocycles. The zero-order valence-corrected chi connectivity index (χ0v) is 18.9. The molecule has 0 radical (unpaired) electrons. The van der Waals surface area contributed by atoms with Crippen molar-refractivity contribution in [2.24, 2.45) is 11.1 Å². The number of hydrogen-bond donors (Lipinski definition) is 4. The third-order valence-corrected chi connectivity index (χ3v) is 5.12. The number of benzene rings is 1. The summed E-state index contributed by atoms with van der Waals surface area (Å²) in [6, 6.07) is 4.11. The molecule has 0 fully saturated rings. The fourth-order valence-corrected chi connectivity index (χ4v) is 2.98. The van der Waals surface area contributed by atoms with Gasteiger partial charge in [0.25, 0.3) is 0 Å². The van der Waals surface area contributed by atoms with Crippen molar-refractivity contribution in [1.29, 1.82) is 0 Å². The van der Waals surface area contributed by atoms with Crippen molar-refractivity contribution in [3.63, 3.8) is 0 Å². The molecule has 0 saturated carbocycles. The van der Waals surface area contributed by atoms with Crippen LogP contribution in [0.4, 0.5) is 0 Å². The smallest absolute Gasteiger partial charge is 0.323 e. The molecule has 0 saturated heterocycles. The van der Waals surface area contributed by atoms with Crippen LogP contribution in [-0.2, 0) is 11.2 Å². The molecule has 1 atom stereocenters. The average molecular weight is 416 g/mol. The molecule has 0 spiro atoms. The predicted octanol–water partition coefficient (Wildman–Crippen LogP) is 5.48. The quantitative estimate of drug-likeness (QED) is 0.387. The zero-order chi connectivity index (χ0) is 22.9. The number of rotatable bonds is 3. The number of carboxylic acids is 1. The van der Waals surface area contributed by atoms with E-state index < -0.39 is 11.5 Å². The number of aliphatic carboxylic acids is 1. The molecule has 2 rings (SSSR count). The van der Waals surface area contributed by atoms with E-state index in [1.165, 1.54) is 49.1 Å². The van der Waals surface area contributed by atoms with Crippen LogP contribution in [0.1, 0.15) is 65.9 Å². The molecule has 1 unspecified atom stereocenters. The van der Waals surface area contributed by atoms with Gasteiger partial charge in [-0.05, 0) is 69.6 Å². The van der Waals surface area contributed by atoms with Gasteiger partial charge in [0.15, 0.2) is 11.5 Å². The third-order valence-electron chi connectivity index (χ3n) is 5.12. The number of nitrogens with two attached hydrogens (primary N) is 1. The average Bonchev–Trinajstić information content (AvgIpc) is 2.65. The maximum atomic E-state index is 10.7. The van der Waals surface area contributed by atoms with Gasteiger partial charge in [-0.2, -0.15) is 0 Å². The van der Waals surface area contributed by atoms with Gasteiger partial charge < -0.3 is 21.1 Å². The molecule has 0 bridgehead atoms. The fourth-order valence-electron chi connectivity index (χ4n) is 2.98. The summed E-state index contributed by atoms with van der Waals surface area (Å²) in [5.41, 5.74) is 8.04. The van der Waals surface area contributed by atoms with E-state index >= 15 is 0 Å². The summed E-state index contributed by atoms with van der Waals surface area (Å²) < 4.78 is 0. The third kappa shape index (κ3) is 9.31. The highest BCUT2D eigenvalue weighted by Gasteiger charge is 2.28. The van der Waals surface area contributed by atoms with E-state index in [4.69, 9.17) is 15.9 Å². The van der Waals surface area contributed by atoms with E-state index in [2.05, 4.69) is 52.0 Å². The first-order chi connectivity index (χ1) is 13.8. The van der Waals surface area contributed by atoms with Crippen molar-refractivity contribution < 1.29 is 20.1 Å². The van der Waals surface area contributed by atoms with Crippen LogP contribution < -0.4 is 5.73 Å². The maximum absolute atomic E-state index is 10.7. The second-order valence-electron chi connectivity index (χ2n) is 9.16. The SMILES string of the molecule is CC(N)(Cc1ccc(O)c(O)c1)C(=O)O.CC1=CCCC(C)=CCC(C)(C)C=CC1. The highest BCUT2D eigenvalue weighted by atomic mass is 16.4. The summed E-state index contributed by atoms with van der Waals surface area (Å²) in [6.45, 7) is 10.5. The summed E-state index contributed by atoms with van der Waals surface area (Å²) in [6.07, 6.45) is 14.2. The number of carbonyl (C=O) groups is 1. The Kier molecular flexibility index (Phi) is 9.37. The lowest BCUT2D eigenvalue weighted by atomic mass is 9.87. The molecule has 0 aromatic heterocycles. The normalized spacial score (nSPS) is 18.6. The standard InChI is InChI=1S/C15H24.C10H13NO4/c1-13-7-5-8-14(2)10-12-15(3,4)11-6-9-13;1-10(11,9(14)15)5-6-2-3-7(12)8(13)4-6/h6-7,10-11H,5,8-9,12H2,1-4H3;2-4,12-13H,5,11H2,1H3,(H,14,15). The van der Waals surface area contributed by atoms with Gasteiger partial charge in [-0.15, -0.1) is 0 Å². The first-order valence-electron chi connectivity index (χ1n) is 10.3. The number of carboxylic acid groups (broad SMARTS) is 1. The maximum Gasteiger partial charge on any atom is 0.323 e. The van der Waals surface area contributed by atoms with Crippen LogP contribution in [0, 0.1) is 5.41 Å². The van der Waals surface area contributed by atoms with Crippen LogP contribution in [0.5, 0.6) is 11.5 Å². The molecule has 5 N–H and O–H groups in total. The monoisotopic (exact) mass is 415 g/mol. The topological polar surface area (TPSA) is 104 Å². The molecule has 1 aliphatic carbocycles. The van der Waals surface area contributed by atoms with Gasteiger partial charge in [0.05, 0.1) is 0 Å². The van der Waals surface area contributed by atoms with Crippen molar-refractivity contribution in [3.8, 4) is 11.5 Å². The second-order valence-corrected chi connectivity index (χ2v) is 9.16. The summed E-state index contributed by atoms with van der Waals surface area (Å²) in [5, 5.41) is 27.0. The Bertz CT molecular complexity index is 816. The van der Waals surface area contributed by atoms with E-state index in [1.54, 1.807) is 0 Å². The Morgan fingerprint density at radius 3 is 2.40 bits per heavy atom. The van der Waals surface area contributed by atoms with Crippen LogP contribution in [0.3, 0.4) is 0 Å². The van der Waals surface area contributed by atoms with E-state index in [0.717, 1.165) is 12.8 Å². The summed E-state index contributed by atoms with van der Waals surface area (Å²) >= 11 is 0. The lowest BCUT2D eigenvalue weighted by Crippen LogP contribution is -2.46. The first-order valence-corrected chi connectivity index (χ1v) is 10.3. The summed E-state index contributed by atoms with van der Waals surface area (Å²) in [7, 11) is 0. The van der Waals surface area contributed by atoms with Gasteiger partial charge in [-0.3, -0.25) is 4.79 Å². The number of phenols is 2. The van der Waals surface area contributed by atoms with Crippen LogP contribution >= 0.6 is 0 Å². The Morgan fingerprint density at radius 1 is 1.13 bits per heavy atom. The van der Waals surface area contributed by atoms with Crippen LogP contribution in [-0.4, -0.2) is 26.8 Å². The minimum atomic E-state index is -1.39. The van der Waals surface area contributed by atoms with Gasteiger partial charge >= 0.3 is 5.97 Å². The van der Waals surface area contributed by atoms with Crippen LogP contribution in [0.2, 0.25) is 0 Å². The Morgan fingerprint density at radius 2 is 1.80 bits per heavy atom.